The van der Waals surface area contributed by atoms with Gasteiger partial charge >= 0.3 is 11.7 Å². The van der Waals surface area contributed by atoms with E-state index >= 15 is 0 Å². The smallest absolute Gasteiger partial charge is 0.255 e. The molecule has 0 heterocycles. The Labute approximate surface area is 89.0 Å². The van der Waals surface area contributed by atoms with Crippen molar-refractivity contribution in [3.63, 3.8) is 0 Å². The van der Waals surface area contributed by atoms with Crippen LogP contribution < -0.4 is 4.72 Å². The molecule has 0 bridgehead atoms. The molecule has 1 nitrogen and oxygen atoms in total. The number of benzene rings is 1. The molecule has 6 heteroatoms. The van der Waals surface area contributed by atoms with Crippen molar-refractivity contribution in [2.45, 2.75) is 18.2 Å². The molecule has 0 radical (unpaired) electrons. The van der Waals surface area contributed by atoms with Crippen molar-refractivity contribution in [1.29, 1.82) is 0 Å². The van der Waals surface area contributed by atoms with E-state index in [0.29, 0.717) is 0 Å². The summed E-state index contributed by atoms with van der Waals surface area (Å²) in [6.45, 7) is 0.119. The van der Waals surface area contributed by atoms with Gasteiger partial charge in [-0.15, -0.1) is 0 Å². The second-order valence-electron chi connectivity index (χ2n) is 2.77. The van der Waals surface area contributed by atoms with Crippen molar-refractivity contribution in [2.24, 2.45) is 0 Å². The first-order valence-electron chi connectivity index (χ1n) is 4.13. The molecule has 0 amide bonds. The molecule has 0 fully saturated rings. The molecule has 15 heavy (non-hydrogen) atoms. The quantitative estimate of drug-likeness (QED) is 0.625. The summed E-state index contributed by atoms with van der Waals surface area (Å²) in [7, 11) is 0. The number of hydrogen-bond acceptors (Lipinski definition) is 2. The van der Waals surface area contributed by atoms with Gasteiger partial charge in [0.15, 0.2) is 0 Å². The standard InChI is InChI=1S/C9H9F4NS/c10-8(11)9(12,13)15-14-6-7-4-2-1-3-5-7/h1-5,8,14H,6H2. The van der Waals surface area contributed by atoms with Crippen LogP contribution in [0.5, 0.6) is 0 Å². The summed E-state index contributed by atoms with van der Waals surface area (Å²) in [5, 5.41) is -4.05. The fourth-order valence-electron chi connectivity index (χ4n) is 0.856. The highest BCUT2D eigenvalue weighted by atomic mass is 32.2. The maximum atomic E-state index is 12.4. The largest absolute Gasteiger partial charge is 0.366 e. The Morgan fingerprint density at radius 2 is 1.80 bits per heavy atom. The van der Waals surface area contributed by atoms with Crippen molar-refractivity contribution in [3.05, 3.63) is 35.9 Å². The Kier molecular flexibility index (Phi) is 4.41. The molecule has 0 unspecified atom stereocenters. The van der Waals surface area contributed by atoms with Crippen LogP contribution in [0.2, 0.25) is 0 Å². The third-order valence-corrected chi connectivity index (χ3v) is 2.32. The first-order valence-corrected chi connectivity index (χ1v) is 4.95. The van der Waals surface area contributed by atoms with Crippen molar-refractivity contribution in [1.82, 2.24) is 4.72 Å². The summed E-state index contributed by atoms with van der Waals surface area (Å²) >= 11 is -0.252. The van der Waals surface area contributed by atoms with E-state index < -0.39 is 11.7 Å². The molecule has 0 saturated heterocycles. The van der Waals surface area contributed by atoms with Gasteiger partial charge in [-0.1, -0.05) is 30.3 Å². The lowest BCUT2D eigenvalue weighted by molar-refractivity contribution is -0.0569. The molecule has 0 aliphatic carbocycles. The zero-order valence-electron chi connectivity index (χ0n) is 7.59. The zero-order chi connectivity index (χ0) is 11.3. The normalized spacial score (nSPS) is 12.1. The Bertz CT molecular complexity index is 291. The van der Waals surface area contributed by atoms with Crippen molar-refractivity contribution >= 4 is 11.9 Å². The zero-order valence-corrected chi connectivity index (χ0v) is 8.41. The molecule has 1 N–H and O–H groups in total. The van der Waals surface area contributed by atoms with Crippen LogP contribution in [0.25, 0.3) is 0 Å². The molecule has 0 spiro atoms. The van der Waals surface area contributed by atoms with E-state index in [0.717, 1.165) is 5.56 Å². The van der Waals surface area contributed by atoms with Crippen LogP contribution in [0.4, 0.5) is 17.6 Å². The maximum absolute atomic E-state index is 12.4. The van der Waals surface area contributed by atoms with E-state index in [-0.39, 0.29) is 18.5 Å². The van der Waals surface area contributed by atoms with E-state index in [4.69, 9.17) is 0 Å². The summed E-state index contributed by atoms with van der Waals surface area (Å²) in [6.07, 6.45) is -3.66. The minimum absolute atomic E-state index is 0.119. The van der Waals surface area contributed by atoms with E-state index in [2.05, 4.69) is 4.72 Å². The Balaban J connectivity index is 2.34. The van der Waals surface area contributed by atoms with Gasteiger partial charge in [-0.05, 0) is 17.5 Å². The van der Waals surface area contributed by atoms with Gasteiger partial charge < -0.3 is 0 Å². The highest BCUT2D eigenvalue weighted by Gasteiger charge is 2.41. The number of hydrogen-bond donors (Lipinski definition) is 1. The third kappa shape index (κ3) is 4.09. The van der Waals surface area contributed by atoms with Crippen molar-refractivity contribution in [2.75, 3.05) is 0 Å². The van der Waals surface area contributed by atoms with Gasteiger partial charge in [0, 0.05) is 6.54 Å². The monoisotopic (exact) mass is 239 g/mol. The second kappa shape index (κ2) is 5.37. The summed E-state index contributed by atoms with van der Waals surface area (Å²) in [6, 6.07) is 8.70. The molecule has 0 aromatic heterocycles. The van der Waals surface area contributed by atoms with Crippen LogP contribution in [0, 0.1) is 0 Å². The highest BCUT2D eigenvalue weighted by molar-refractivity contribution is 7.98. The predicted octanol–water partition coefficient (Wildman–Crippen LogP) is 3.28. The first-order chi connectivity index (χ1) is 7.02. The average molecular weight is 239 g/mol. The summed E-state index contributed by atoms with van der Waals surface area (Å²) in [5.41, 5.74) is 0.759. The van der Waals surface area contributed by atoms with Crippen molar-refractivity contribution in [3.8, 4) is 0 Å². The molecule has 1 aromatic carbocycles. The molecule has 0 aliphatic heterocycles. The Morgan fingerprint density at radius 3 is 2.33 bits per heavy atom. The Morgan fingerprint density at radius 1 is 1.20 bits per heavy atom. The summed E-state index contributed by atoms with van der Waals surface area (Å²) < 4.78 is 50.5. The number of nitrogens with one attached hydrogen (secondary N) is 1. The van der Waals surface area contributed by atoms with E-state index in [1.165, 1.54) is 0 Å². The minimum atomic E-state index is -4.05. The van der Waals surface area contributed by atoms with Gasteiger partial charge in [-0.2, -0.15) is 8.78 Å². The van der Waals surface area contributed by atoms with E-state index in [9.17, 15) is 17.6 Å². The number of rotatable bonds is 5. The van der Waals surface area contributed by atoms with Crippen molar-refractivity contribution < 1.29 is 17.6 Å². The fraction of sp³-hybridized carbons (Fsp3) is 0.333. The third-order valence-electron chi connectivity index (χ3n) is 1.58. The number of halogens is 4. The van der Waals surface area contributed by atoms with Crippen LogP contribution >= 0.6 is 11.9 Å². The lowest BCUT2D eigenvalue weighted by Crippen LogP contribution is -2.26. The molecule has 1 aromatic rings. The molecular weight excluding hydrogens is 230 g/mol. The second-order valence-corrected chi connectivity index (χ2v) is 3.81. The van der Waals surface area contributed by atoms with Crippen LogP contribution in [0.3, 0.4) is 0 Å². The Hall–Kier alpha value is -0.750. The molecule has 1 rings (SSSR count). The van der Waals surface area contributed by atoms with Gasteiger partial charge in [0.05, 0.1) is 0 Å². The molecule has 0 atom stereocenters. The van der Waals surface area contributed by atoms with Crippen LogP contribution in [-0.2, 0) is 6.54 Å². The van der Waals surface area contributed by atoms with Crippen LogP contribution in [0.1, 0.15) is 5.56 Å². The van der Waals surface area contributed by atoms with Gasteiger partial charge in [-0.25, -0.2) is 8.78 Å². The SMILES string of the molecule is FC(F)C(F)(F)SNCc1ccccc1. The molecule has 84 valence electrons. The topological polar surface area (TPSA) is 12.0 Å². The van der Waals surface area contributed by atoms with Gasteiger partial charge in [-0.3, -0.25) is 4.72 Å². The average Bonchev–Trinajstić information content (AvgIpc) is 2.19. The fourth-order valence-corrected chi connectivity index (χ4v) is 1.38. The van der Waals surface area contributed by atoms with Crippen LogP contribution in [0.15, 0.2) is 30.3 Å². The minimum Gasteiger partial charge on any atom is -0.255 e. The first kappa shape index (κ1) is 12.3. The molecular formula is C9H9F4NS. The van der Waals surface area contributed by atoms with Crippen LogP contribution in [-0.4, -0.2) is 11.7 Å². The molecule has 0 saturated carbocycles. The van der Waals surface area contributed by atoms with E-state index in [1.54, 1.807) is 30.3 Å². The lowest BCUT2D eigenvalue weighted by Gasteiger charge is -2.14. The maximum Gasteiger partial charge on any atom is 0.366 e. The lowest BCUT2D eigenvalue weighted by atomic mass is 10.2. The number of alkyl halides is 4. The molecule has 0 aliphatic rings. The van der Waals surface area contributed by atoms with Gasteiger partial charge in [0.2, 0.25) is 0 Å². The summed E-state index contributed by atoms with van der Waals surface area (Å²) in [4.78, 5) is 0. The highest BCUT2D eigenvalue weighted by Crippen LogP contribution is 2.33. The van der Waals surface area contributed by atoms with E-state index in [1.807, 2.05) is 0 Å². The summed E-state index contributed by atoms with van der Waals surface area (Å²) in [5.74, 6) is 0. The van der Waals surface area contributed by atoms with Gasteiger partial charge in [0.25, 0.3) is 0 Å². The predicted molar refractivity (Wildman–Crippen MR) is 51.8 cm³/mol. The van der Waals surface area contributed by atoms with Gasteiger partial charge in [0.1, 0.15) is 0 Å².